The van der Waals surface area contributed by atoms with Crippen LogP contribution in [0.5, 0.6) is 0 Å². The third-order valence-electron chi connectivity index (χ3n) is 7.45. The molecule has 1 aromatic heterocycles. The molecular formula is C29H27Cl2F2N5O3S. The number of nitrogens with zero attached hydrogens (tertiary/aromatic N) is 4. The van der Waals surface area contributed by atoms with Gasteiger partial charge in [-0.1, -0.05) is 41.0 Å². The second-order valence-electron chi connectivity index (χ2n) is 11.4. The number of hydrogen-bond acceptors (Lipinski definition) is 7. The highest BCUT2D eigenvalue weighted by Crippen LogP contribution is 2.47. The second kappa shape index (κ2) is 10.9. The molecule has 4 heterocycles. The lowest BCUT2D eigenvalue weighted by Gasteiger charge is -2.37. The summed E-state index contributed by atoms with van der Waals surface area (Å²) in [5.74, 6) is -1.68. The summed E-state index contributed by atoms with van der Waals surface area (Å²) in [5.41, 5.74) is 1.37. The molecule has 42 heavy (non-hydrogen) atoms. The standard InChI is InChI=1S/C29H27Cl2F2N5O3S/c1-29(2,3)27(39)41-37-14-16-10-17(37)13-36(16)23-11-22-21(35-26(23)42-24-8-7-15(32)9-20(24)33)12-34-28(40)38(22)25-18(30)5-4-6-19(25)31/h4-9,11,16-17H,10,12-14H2,1-3H3,(H,34,40). The zero-order chi connectivity index (χ0) is 29.9. The van der Waals surface area contributed by atoms with E-state index in [4.69, 9.17) is 33.0 Å². The molecule has 220 valence electrons. The van der Waals surface area contributed by atoms with E-state index in [0.29, 0.717) is 40.9 Å². The van der Waals surface area contributed by atoms with Gasteiger partial charge in [0.1, 0.15) is 16.7 Å². The van der Waals surface area contributed by atoms with Gasteiger partial charge in [0.15, 0.2) is 0 Å². The Kier molecular flexibility index (Phi) is 7.49. The summed E-state index contributed by atoms with van der Waals surface area (Å²) in [4.78, 5) is 40.1. The number of fused-ring (bicyclic) bond motifs is 3. The Bertz CT molecular complexity index is 1580. The summed E-state index contributed by atoms with van der Waals surface area (Å²) in [6.45, 7) is 6.54. The van der Waals surface area contributed by atoms with Crippen LogP contribution in [-0.2, 0) is 16.2 Å². The van der Waals surface area contributed by atoms with Crippen molar-refractivity contribution in [2.45, 2.75) is 55.7 Å². The van der Waals surface area contributed by atoms with Gasteiger partial charge in [0.05, 0.1) is 57.3 Å². The molecule has 2 saturated heterocycles. The molecule has 2 unspecified atom stereocenters. The van der Waals surface area contributed by atoms with Crippen LogP contribution < -0.4 is 15.1 Å². The van der Waals surface area contributed by atoms with Crippen LogP contribution in [0.3, 0.4) is 0 Å². The molecule has 2 amide bonds. The van der Waals surface area contributed by atoms with E-state index in [1.165, 1.54) is 17.0 Å². The van der Waals surface area contributed by atoms with Crippen molar-refractivity contribution >= 4 is 64.0 Å². The first-order valence-electron chi connectivity index (χ1n) is 13.3. The third kappa shape index (κ3) is 5.27. The van der Waals surface area contributed by atoms with E-state index < -0.39 is 23.1 Å². The van der Waals surface area contributed by atoms with Crippen LogP contribution in [0.4, 0.5) is 30.6 Å². The van der Waals surface area contributed by atoms with E-state index >= 15 is 0 Å². The average Bonchev–Trinajstić information content (AvgIpc) is 3.51. The maximum absolute atomic E-state index is 14.8. The van der Waals surface area contributed by atoms with Gasteiger partial charge < -0.3 is 15.1 Å². The molecule has 2 aromatic carbocycles. The van der Waals surface area contributed by atoms with Crippen molar-refractivity contribution in [3.63, 3.8) is 0 Å². The number of carbonyl (C=O) groups is 2. The maximum Gasteiger partial charge on any atom is 0.330 e. The molecule has 8 nitrogen and oxygen atoms in total. The number of benzene rings is 2. The molecule has 2 atom stereocenters. The monoisotopic (exact) mass is 633 g/mol. The molecule has 3 aliphatic rings. The molecule has 0 spiro atoms. The Morgan fingerprint density at radius 1 is 1.07 bits per heavy atom. The van der Waals surface area contributed by atoms with Crippen molar-refractivity contribution in [2.75, 3.05) is 22.9 Å². The third-order valence-corrected chi connectivity index (χ3v) is 9.10. The van der Waals surface area contributed by atoms with Gasteiger partial charge in [-0.25, -0.2) is 23.4 Å². The van der Waals surface area contributed by atoms with Crippen molar-refractivity contribution in [3.8, 4) is 0 Å². The summed E-state index contributed by atoms with van der Waals surface area (Å²) in [6, 6.07) is 9.73. The molecular weight excluding hydrogens is 607 g/mol. The fourth-order valence-corrected chi connectivity index (χ4v) is 6.84. The van der Waals surface area contributed by atoms with E-state index in [0.717, 1.165) is 24.2 Å². The van der Waals surface area contributed by atoms with Crippen LogP contribution >= 0.6 is 35.0 Å². The maximum atomic E-state index is 14.8. The molecule has 3 aromatic rings. The molecule has 3 aliphatic heterocycles. The summed E-state index contributed by atoms with van der Waals surface area (Å²) < 4.78 is 28.4. The lowest BCUT2D eigenvalue weighted by atomic mass is 9.98. The van der Waals surface area contributed by atoms with Crippen molar-refractivity contribution in [2.24, 2.45) is 5.41 Å². The zero-order valence-corrected chi connectivity index (χ0v) is 25.3. The fourth-order valence-electron chi connectivity index (χ4n) is 5.33. The highest BCUT2D eigenvalue weighted by molar-refractivity contribution is 7.99. The summed E-state index contributed by atoms with van der Waals surface area (Å²) in [7, 11) is 0. The predicted molar refractivity (Wildman–Crippen MR) is 157 cm³/mol. The Labute approximate surface area is 255 Å². The average molecular weight is 635 g/mol. The molecule has 0 saturated carbocycles. The summed E-state index contributed by atoms with van der Waals surface area (Å²) in [6.07, 6.45) is 0.740. The van der Waals surface area contributed by atoms with Crippen LogP contribution in [0.1, 0.15) is 32.9 Å². The Morgan fingerprint density at radius 3 is 2.45 bits per heavy atom. The van der Waals surface area contributed by atoms with Gasteiger partial charge in [0, 0.05) is 23.5 Å². The van der Waals surface area contributed by atoms with E-state index in [-0.39, 0.29) is 39.5 Å². The van der Waals surface area contributed by atoms with Gasteiger partial charge >= 0.3 is 12.0 Å². The number of halogens is 4. The molecule has 2 fully saturated rings. The van der Waals surface area contributed by atoms with E-state index in [1.54, 1.807) is 44.0 Å². The normalized spacial score (nSPS) is 20.1. The first kappa shape index (κ1) is 29.0. The number of urea groups is 1. The number of aromatic nitrogens is 1. The van der Waals surface area contributed by atoms with Gasteiger partial charge in [0.25, 0.3) is 0 Å². The number of anilines is 3. The van der Waals surface area contributed by atoms with Crippen molar-refractivity contribution in [3.05, 3.63) is 69.8 Å². The first-order chi connectivity index (χ1) is 19.9. The van der Waals surface area contributed by atoms with Gasteiger partial charge in [0.2, 0.25) is 0 Å². The smallest absolute Gasteiger partial charge is 0.330 e. The van der Waals surface area contributed by atoms with E-state index in [1.807, 2.05) is 6.07 Å². The number of pyridine rings is 1. The number of piperazine rings is 1. The van der Waals surface area contributed by atoms with Crippen molar-refractivity contribution in [1.29, 1.82) is 0 Å². The Hall–Kier alpha value is -3.12. The highest BCUT2D eigenvalue weighted by atomic mass is 35.5. The van der Waals surface area contributed by atoms with Gasteiger partial charge in [-0.15, -0.1) is 5.06 Å². The Balaban J connectivity index is 1.41. The first-order valence-corrected chi connectivity index (χ1v) is 14.9. The largest absolute Gasteiger partial charge is 0.367 e. The van der Waals surface area contributed by atoms with Crippen LogP contribution in [0.25, 0.3) is 0 Å². The minimum absolute atomic E-state index is 0.0326. The molecule has 2 bridgehead atoms. The summed E-state index contributed by atoms with van der Waals surface area (Å²) >= 11 is 14.1. The predicted octanol–water partition coefficient (Wildman–Crippen LogP) is 6.95. The van der Waals surface area contributed by atoms with Crippen molar-refractivity contribution < 1.29 is 23.2 Å². The topological polar surface area (TPSA) is 78.0 Å². The number of nitrogens with one attached hydrogen (secondary N) is 1. The van der Waals surface area contributed by atoms with E-state index in [2.05, 4.69) is 10.2 Å². The second-order valence-corrected chi connectivity index (χ2v) is 13.3. The lowest BCUT2D eigenvalue weighted by molar-refractivity contribution is -0.205. The van der Waals surface area contributed by atoms with E-state index in [9.17, 15) is 18.4 Å². The van der Waals surface area contributed by atoms with Gasteiger partial charge in [-0.2, -0.15) is 0 Å². The number of amides is 2. The number of rotatable bonds is 5. The SMILES string of the molecule is CC(C)(C)C(=O)ON1CC2CC1CN2c1cc2c(nc1Sc1ccc(F)cc1F)CNC(=O)N2c1c(Cl)cccc1Cl. The van der Waals surface area contributed by atoms with Crippen LogP contribution in [0, 0.1) is 17.0 Å². The van der Waals surface area contributed by atoms with Crippen LogP contribution in [-0.4, -0.2) is 47.2 Å². The lowest BCUT2D eigenvalue weighted by Crippen LogP contribution is -2.48. The minimum atomic E-state index is -0.702. The number of hydrogen-bond donors (Lipinski definition) is 1. The molecule has 1 N–H and O–H groups in total. The zero-order valence-electron chi connectivity index (χ0n) is 23.0. The fraction of sp³-hybridized carbons (Fsp3) is 0.345. The minimum Gasteiger partial charge on any atom is -0.367 e. The number of hydroxylamine groups is 2. The summed E-state index contributed by atoms with van der Waals surface area (Å²) in [5, 5.41) is 5.61. The molecule has 0 aliphatic carbocycles. The van der Waals surface area contributed by atoms with Crippen LogP contribution in [0.2, 0.25) is 10.0 Å². The molecule has 13 heteroatoms. The number of para-hydroxylation sites is 1. The molecule has 0 radical (unpaired) electrons. The van der Waals surface area contributed by atoms with Crippen LogP contribution in [0.15, 0.2) is 52.4 Å². The number of carbonyl (C=O) groups excluding carboxylic acids is 2. The van der Waals surface area contributed by atoms with Gasteiger partial charge in [-0.3, -0.25) is 4.90 Å². The highest BCUT2D eigenvalue weighted by Gasteiger charge is 2.47. The Morgan fingerprint density at radius 2 is 1.81 bits per heavy atom. The molecule has 6 rings (SSSR count). The van der Waals surface area contributed by atoms with Crippen molar-refractivity contribution in [1.82, 2.24) is 15.4 Å². The quantitative estimate of drug-likeness (QED) is 0.326. The van der Waals surface area contributed by atoms with Gasteiger partial charge in [-0.05, 0) is 57.5 Å².